The van der Waals surface area contributed by atoms with Gasteiger partial charge >= 0.3 is 0 Å². The molecular formula is C47H48IrN2O-2. The van der Waals surface area contributed by atoms with Crippen LogP contribution in [0.4, 0.5) is 0 Å². The summed E-state index contributed by atoms with van der Waals surface area (Å²) in [5.41, 5.74) is 14.8. The van der Waals surface area contributed by atoms with Gasteiger partial charge in [-0.3, -0.25) is 0 Å². The molecule has 0 amide bonds. The Labute approximate surface area is 317 Å². The summed E-state index contributed by atoms with van der Waals surface area (Å²) >= 11 is 0. The minimum Gasteiger partial charge on any atom is -0.501 e. The first kappa shape index (κ1) is 37.9. The predicted molar refractivity (Wildman–Crippen MR) is 210 cm³/mol. The van der Waals surface area contributed by atoms with E-state index >= 15 is 0 Å². The van der Waals surface area contributed by atoms with Crippen molar-refractivity contribution in [2.24, 2.45) is 11.8 Å². The van der Waals surface area contributed by atoms with E-state index in [0.29, 0.717) is 17.8 Å². The van der Waals surface area contributed by atoms with Gasteiger partial charge in [-0.15, -0.1) is 53.6 Å². The van der Waals surface area contributed by atoms with Gasteiger partial charge in [0.25, 0.3) is 0 Å². The first-order chi connectivity index (χ1) is 24.1. The van der Waals surface area contributed by atoms with Crippen molar-refractivity contribution in [3.63, 3.8) is 0 Å². The van der Waals surface area contributed by atoms with Gasteiger partial charge in [0.1, 0.15) is 5.58 Å². The van der Waals surface area contributed by atoms with Gasteiger partial charge in [0.05, 0.1) is 5.58 Å². The van der Waals surface area contributed by atoms with Crippen LogP contribution in [0.15, 0.2) is 108 Å². The number of hydrogen-bond donors (Lipinski definition) is 0. The summed E-state index contributed by atoms with van der Waals surface area (Å²) in [5.74, 6) is 1.57. The van der Waals surface area contributed by atoms with Crippen LogP contribution in [0.1, 0.15) is 79.5 Å². The average molecular weight is 849 g/mol. The van der Waals surface area contributed by atoms with E-state index in [1.54, 1.807) is 0 Å². The zero-order valence-electron chi connectivity index (χ0n) is 31.1. The Hall–Kier alpha value is -4.37. The number of aromatic nitrogens is 2. The summed E-state index contributed by atoms with van der Waals surface area (Å²) in [7, 11) is 0. The van der Waals surface area contributed by atoms with E-state index in [-0.39, 0.29) is 20.1 Å². The predicted octanol–water partition coefficient (Wildman–Crippen LogP) is 12.5. The first-order valence-electron chi connectivity index (χ1n) is 17.9. The number of furan rings is 1. The van der Waals surface area contributed by atoms with Crippen molar-refractivity contribution in [2.45, 2.75) is 74.1 Å². The van der Waals surface area contributed by atoms with Crippen LogP contribution >= 0.6 is 0 Å². The topological polar surface area (TPSA) is 38.9 Å². The third kappa shape index (κ3) is 8.93. The molecule has 0 bridgehead atoms. The van der Waals surface area contributed by atoms with Crippen LogP contribution in [-0.2, 0) is 32.9 Å². The average Bonchev–Trinajstić information content (AvgIpc) is 3.49. The standard InChI is InChI=1S/C30H28NO.C17H20N.Ir/c1-19(2)15-24-16-28(31-18-20(24)3)27-12-8-11-26-25-14-13-23(17-29(25)32-30(26)27)21(4)22-9-6-5-7-10-22;1-12(2)9-16-10-17(18-11-14(16)4)15-7-5-13(3)6-8-15;/h5-11,13-14,16-19,21H,15H2,1-4H3;5-7,10-12H,9H2,1-4H3;/q2*-1;. The minimum atomic E-state index is 0. The second-order valence-electron chi connectivity index (χ2n) is 14.6. The Kier molecular flexibility index (Phi) is 12.4. The molecule has 1 unspecified atom stereocenters. The molecule has 51 heavy (non-hydrogen) atoms. The van der Waals surface area contributed by atoms with Gasteiger partial charge in [-0.1, -0.05) is 118 Å². The second-order valence-corrected chi connectivity index (χ2v) is 14.6. The van der Waals surface area contributed by atoms with E-state index < -0.39 is 0 Å². The molecule has 1 atom stereocenters. The Morgan fingerprint density at radius 1 is 0.647 bits per heavy atom. The van der Waals surface area contributed by atoms with Crippen molar-refractivity contribution in [1.82, 2.24) is 9.97 Å². The molecule has 4 aromatic carbocycles. The monoisotopic (exact) mass is 849 g/mol. The van der Waals surface area contributed by atoms with Gasteiger partial charge in [-0.2, -0.15) is 0 Å². The van der Waals surface area contributed by atoms with E-state index in [2.05, 4.69) is 151 Å². The molecule has 3 heterocycles. The van der Waals surface area contributed by atoms with E-state index in [4.69, 9.17) is 9.40 Å². The summed E-state index contributed by atoms with van der Waals surface area (Å²) in [5, 5.41) is 2.24. The molecule has 0 aliphatic heterocycles. The van der Waals surface area contributed by atoms with Gasteiger partial charge in [0.2, 0.25) is 0 Å². The van der Waals surface area contributed by atoms with Crippen LogP contribution in [-0.4, -0.2) is 9.97 Å². The van der Waals surface area contributed by atoms with E-state index in [1.807, 2.05) is 24.5 Å². The van der Waals surface area contributed by atoms with Crippen molar-refractivity contribution in [3.05, 3.63) is 154 Å². The van der Waals surface area contributed by atoms with Crippen molar-refractivity contribution in [2.75, 3.05) is 0 Å². The number of benzene rings is 4. The SMILES string of the molecule is Cc1c[c-]c(-c2cc(CC(C)C)c(C)cn2)cc1.Cc1cnc(-c2[c-]ccc3c2oc2cc(C(C)c4ccccc4)ccc23)cc1CC(C)C.[Ir]. The quantitative estimate of drug-likeness (QED) is 0.143. The molecule has 3 aromatic heterocycles. The molecule has 0 aliphatic rings. The number of fused-ring (bicyclic) bond motifs is 3. The van der Waals surface area contributed by atoms with Gasteiger partial charge < -0.3 is 14.4 Å². The largest absolute Gasteiger partial charge is 0.501 e. The summed E-state index contributed by atoms with van der Waals surface area (Å²) in [4.78, 5) is 9.25. The second kappa shape index (κ2) is 16.8. The van der Waals surface area contributed by atoms with Crippen molar-refractivity contribution < 1.29 is 24.5 Å². The van der Waals surface area contributed by atoms with Crippen LogP contribution in [0.2, 0.25) is 0 Å². The molecule has 0 saturated heterocycles. The summed E-state index contributed by atoms with van der Waals surface area (Å²) < 4.78 is 6.44. The van der Waals surface area contributed by atoms with Crippen molar-refractivity contribution in [1.29, 1.82) is 0 Å². The normalized spacial score (nSPS) is 11.8. The molecule has 0 fully saturated rings. The zero-order chi connectivity index (χ0) is 35.4. The molecule has 1 radical (unpaired) electrons. The third-order valence-electron chi connectivity index (χ3n) is 9.44. The van der Waals surface area contributed by atoms with Gasteiger partial charge in [0.15, 0.2) is 0 Å². The number of aryl methyl sites for hydroxylation is 3. The maximum absolute atomic E-state index is 6.44. The molecule has 0 spiro atoms. The molecule has 7 aromatic rings. The number of pyridine rings is 2. The molecular weight excluding hydrogens is 801 g/mol. The molecule has 0 aliphatic carbocycles. The molecule has 263 valence electrons. The fraction of sp³-hybridized carbons (Fsp3) is 0.277. The Bertz CT molecular complexity index is 2210. The molecule has 0 saturated carbocycles. The number of hydrogen-bond acceptors (Lipinski definition) is 3. The van der Waals surface area contributed by atoms with Crippen molar-refractivity contribution in [3.8, 4) is 22.5 Å². The first-order valence-corrected chi connectivity index (χ1v) is 17.9. The summed E-state index contributed by atoms with van der Waals surface area (Å²) in [6.45, 7) is 17.6. The van der Waals surface area contributed by atoms with Crippen LogP contribution in [0.25, 0.3) is 44.5 Å². The molecule has 4 heteroatoms. The van der Waals surface area contributed by atoms with Crippen LogP contribution in [0, 0.1) is 44.7 Å². The Morgan fingerprint density at radius 3 is 1.92 bits per heavy atom. The Balaban J connectivity index is 0.000000226. The zero-order valence-corrected chi connectivity index (χ0v) is 33.5. The fourth-order valence-corrected chi connectivity index (χ4v) is 6.55. The number of rotatable bonds is 8. The van der Waals surface area contributed by atoms with Gasteiger partial charge in [-0.25, -0.2) is 0 Å². The van der Waals surface area contributed by atoms with Crippen LogP contribution < -0.4 is 0 Å². The number of nitrogens with zero attached hydrogens (tertiary/aromatic N) is 2. The van der Waals surface area contributed by atoms with Gasteiger partial charge in [-0.05, 0) is 78.2 Å². The van der Waals surface area contributed by atoms with E-state index in [0.717, 1.165) is 57.3 Å². The van der Waals surface area contributed by atoms with E-state index in [9.17, 15) is 0 Å². The molecule has 3 nitrogen and oxygen atoms in total. The van der Waals surface area contributed by atoms with E-state index in [1.165, 1.54) is 38.9 Å². The smallest absolute Gasteiger partial charge is 0.121 e. The van der Waals surface area contributed by atoms with Gasteiger partial charge in [0, 0.05) is 43.8 Å². The molecule has 7 rings (SSSR count). The summed E-state index contributed by atoms with van der Waals surface area (Å²) in [6, 6.07) is 38.6. The Morgan fingerprint density at radius 2 is 1.29 bits per heavy atom. The fourth-order valence-electron chi connectivity index (χ4n) is 6.55. The summed E-state index contributed by atoms with van der Waals surface area (Å²) in [6.07, 6.45) is 6.09. The molecule has 0 N–H and O–H groups in total. The third-order valence-corrected chi connectivity index (χ3v) is 9.44. The maximum Gasteiger partial charge on any atom is 0.121 e. The van der Waals surface area contributed by atoms with Crippen molar-refractivity contribution >= 4 is 21.9 Å². The van der Waals surface area contributed by atoms with Crippen LogP contribution in [0.3, 0.4) is 0 Å². The minimum absolute atomic E-state index is 0. The van der Waals surface area contributed by atoms with Crippen LogP contribution in [0.5, 0.6) is 0 Å². The maximum atomic E-state index is 6.44.